The minimum absolute atomic E-state index is 0.342. The van der Waals surface area contributed by atoms with Crippen molar-refractivity contribution in [2.75, 3.05) is 39.4 Å². The van der Waals surface area contributed by atoms with Crippen LogP contribution in [-0.4, -0.2) is 66.8 Å². The summed E-state index contributed by atoms with van der Waals surface area (Å²) in [6.07, 6.45) is 3.29. The number of rotatable bonds is 0. The van der Waals surface area contributed by atoms with Crippen LogP contribution in [0.2, 0.25) is 0 Å². The number of piperidine rings is 2. The molecule has 0 bridgehead atoms. The van der Waals surface area contributed by atoms with Gasteiger partial charge in [-0.25, -0.2) is 0 Å². The summed E-state index contributed by atoms with van der Waals surface area (Å²) in [5.41, 5.74) is 0. The van der Waals surface area contributed by atoms with E-state index in [-0.39, 0.29) is 11.8 Å². The van der Waals surface area contributed by atoms with E-state index in [0.29, 0.717) is 58.2 Å². The van der Waals surface area contributed by atoms with Gasteiger partial charge in [-0.15, -0.1) is 0 Å². The zero-order chi connectivity index (χ0) is 14.9. The quantitative estimate of drug-likeness (QED) is 0.615. The van der Waals surface area contributed by atoms with Crippen molar-refractivity contribution in [2.24, 2.45) is 5.92 Å². The number of carbonyl (C=O) groups is 2. The van der Waals surface area contributed by atoms with Crippen molar-refractivity contribution < 1.29 is 19.1 Å². The van der Waals surface area contributed by atoms with Gasteiger partial charge in [-0.2, -0.15) is 0 Å². The van der Waals surface area contributed by atoms with Gasteiger partial charge >= 0.3 is 11.8 Å². The second-order valence-electron chi connectivity index (χ2n) is 6.37. The van der Waals surface area contributed by atoms with Gasteiger partial charge in [0.25, 0.3) is 0 Å². The molecule has 0 saturated carbocycles. The zero-order valence-electron chi connectivity index (χ0n) is 12.7. The molecule has 0 unspecified atom stereocenters. The van der Waals surface area contributed by atoms with Gasteiger partial charge in [-0.1, -0.05) is 6.92 Å². The van der Waals surface area contributed by atoms with Crippen LogP contribution in [0, 0.1) is 5.92 Å². The molecule has 0 N–H and O–H groups in total. The number of amides is 2. The van der Waals surface area contributed by atoms with Crippen LogP contribution in [0.5, 0.6) is 0 Å². The van der Waals surface area contributed by atoms with Gasteiger partial charge in [-0.05, 0) is 18.8 Å². The van der Waals surface area contributed by atoms with Gasteiger partial charge in [0.05, 0.1) is 13.2 Å². The highest BCUT2D eigenvalue weighted by molar-refractivity contribution is 6.34. The molecule has 1 spiro atoms. The second kappa shape index (κ2) is 5.93. The van der Waals surface area contributed by atoms with Crippen molar-refractivity contribution in [3.05, 3.63) is 0 Å². The highest BCUT2D eigenvalue weighted by Gasteiger charge is 2.42. The molecule has 3 aliphatic rings. The van der Waals surface area contributed by atoms with E-state index < -0.39 is 5.79 Å². The van der Waals surface area contributed by atoms with Crippen molar-refractivity contribution in [3.8, 4) is 0 Å². The molecule has 118 valence electrons. The number of nitrogens with zero attached hydrogens (tertiary/aromatic N) is 2. The summed E-state index contributed by atoms with van der Waals surface area (Å²) in [5.74, 6) is -0.556. The summed E-state index contributed by atoms with van der Waals surface area (Å²) in [5, 5.41) is 0. The molecular formula is C15H24N2O4. The van der Waals surface area contributed by atoms with Crippen molar-refractivity contribution >= 4 is 11.8 Å². The Morgan fingerprint density at radius 2 is 1.38 bits per heavy atom. The van der Waals surface area contributed by atoms with Crippen molar-refractivity contribution in [2.45, 2.75) is 38.4 Å². The van der Waals surface area contributed by atoms with Crippen molar-refractivity contribution in [1.82, 2.24) is 9.80 Å². The van der Waals surface area contributed by atoms with Crippen LogP contribution in [0.15, 0.2) is 0 Å². The highest BCUT2D eigenvalue weighted by Crippen LogP contribution is 2.31. The molecular weight excluding hydrogens is 272 g/mol. The third-order valence-corrected chi connectivity index (χ3v) is 4.88. The molecule has 0 aromatic heterocycles. The molecule has 0 aromatic rings. The fourth-order valence-electron chi connectivity index (χ4n) is 3.32. The molecule has 0 aromatic carbocycles. The lowest BCUT2D eigenvalue weighted by atomic mass is 9.99. The molecule has 3 rings (SSSR count). The standard InChI is InChI=1S/C15H24N2O4/c1-12-2-6-16(7-3-12)13(18)14(19)17-8-4-15(5-9-17)20-10-11-21-15/h12H,2-11H2,1H3. The topological polar surface area (TPSA) is 59.1 Å². The number of likely N-dealkylation sites (tertiary alicyclic amines) is 2. The van der Waals surface area contributed by atoms with Crippen LogP contribution >= 0.6 is 0 Å². The number of hydrogen-bond acceptors (Lipinski definition) is 4. The first kappa shape index (κ1) is 14.8. The Morgan fingerprint density at radius 1 is 0.905 bits per heavy atom. The maximum absolute atomic E-state index is 12.3. The van der Waals surface area contributed by atoms with Gasteiger partial charge < -0.3 is 19.3 Å². The van der Waals surface area contributed by atoms with Crippen LogP contribution in [0.3, 0.4) is 0 Å². The zero-order valence-corrected chi connectivity index (χ0v) is 12.7. The molecule has 2 amide bonds. The molecule has 0 aliphatic carbocycles. The normalized spacial score (nSPS) is 26.3. The van der Waals surface area contributed by atoms with E-state index >= 15 is 0 Å². The highest BCUT2D eigenvalue weighted by atomic mass is 16.7. The molecule has 3 aliphatic heterocycles. The van der Waals surface area contributed by atoms with Crippen LogP contribution in [0.1, 0.15) is 32.6 Å². The number of ether oxygens (including phenoxy) is 2. The Kier molecular flexibility index (Phi) is 4.17. The monoisotopic (exact) mass is 296 g/mol. The first-order chi connectivity index (χ1) is 10.1. The van der Waals surface area contributed by atoms with Crippen LogP contribution in [-0.2, 0) is 19.1 Å². The van der Waals surface area contributed by atoms with Gasteiger partial charge in [0.15, 0.2) is 5.79 Å². The largest absolute Gasteiger partial charge is 0.347 e. The summed E-state index contributed by atoms with van der Waals surface area (Å²) in [4.78, 5) is 28.0. The first-order valence-electron chi connectivity index (χ1n) is 7.96. The lowest BCUT2D eigenvalue weighted by molar-refractivity contribution is -0.188. The minimum Gasteiger partial charge on any atom is -0.347 e. The first-order valence-corrected chi connectivity index (χ1v) is 7.96. The molecule has 3 fully saturated rings. The fraction of sp³-hybridized carbons (Fsp3) is 0.867. The average molecular weight is 296 g/mol. The summed E-state index contributed by atoms with van der Waals surface area (Å²) < 4.78 is 11.3. The molecule has 6 nitrogen and oxygen atoms in total. The van der Waals surface area contributed by atoms with Gasteiger partial charge in [-0.3, -0.25) is 9.59 Å². The van der Waals surface area contributed by atoms with Crippen LogP contribution in [0.4, 0.5) is 0 Å². The van der Waals surface area contributed by atoms with Crippen molar-refractivity contribution in [1.29, 1.82) is 0 Å². The third kappa shape index (κ3) is 3.06. The third-order valence-electron chi connectivity index (χ3n) is 4.88. The van der Waals surface area contributed by atoms with E-state index in [1.54, 1.807) is 9.80 Å². The Bertz CT molecular complexity index is 402. The number of carbonyl (C=O) groups excluding carboxylic acids is 2. The van der Waals surface area contributed by atoms with E-state index in [9.17, 15) is 9.59 Å². The Balaban J connectivity index is 1.52. The molecule has 6 heteroatoms. The summed E-state index contributed by atoms with van der Waals surface area (Å²) in [6.45, 7) is 5.92. The molecule has 3 heterocycles. The lowest BCUT2D eigenvalue weighted by Crippen LogP contribution is -2.53. The maximum atomic E-state index is 12.3. The summed E-state index contributed by atoms with van der Waals surface area (Å²) in [7, 11) is 0. The predicted octanol–water partition coefficient (Wildman–Crippen LogP) is 0.610. The number of hydrogen-bond donors (Lipinski definition) is 0. The smallest absolute Gasteiger partial charge is 0.312 e. The van der Waals surface area contributed by atoms with E-state index in [4.69, 9.17) is 9.47 Å². The van der Waals surface area contributed by atoms with E-state index in [1.807, 2.05) is 0 Å². The minimum atomic E-state index is -0.500. The lowest BCUT2D eigenvalue weighted by Gasteiger charge is -2.38. The molecule has 0 atom stereocenters. The van der Waals surface area contributed by atoms with Crippen LogP contribution in [0.25, 0.3) is 0 Å². The molecule has 3 saturated heterocycles. The SMILES string of the molecule is CC1CCN(C(=O)C(=O)N2CCC3(CC2)OCCO3)CC1. The Morgan fingerprint density at radius 3 is 1.90 bits per heavy atom. The van der Waals surface area contributed by atoms with Crippen LogP contribution < -0.4 is 0 Å². The average Bonchev–Trinajstić information content (AvgIpc) is 2.96. The fourth-order valence-corrected chi connectivity index (χ4v) is 3.32. The maximum Gasteiger partial charge on any atom is 0.312 e. The summed E-state index contributed by atoms with van der Waals surface area (Å²) in [6, 6.07) is 0. The Labute approximate surface area is 125 Å². The van der Waals surface area contributed by atoms with Gasteiger partial charge in [0.1, 0.15) is 0 Å². The summed E-state index contributed by atoms with van der Waals surface area (Å²) >= 11 is 0. The van der Waals surface area contributed by atoms with E-state index in [0.717, 1.165) is 12.8 Å². The predicted molar refractivity (Wildman–Crippen MR) is 75.4 cm³/mol. The van der Waals surface area contributed by atoms with Gasteiger partial charge in [0, 0.05) is 39.0 Å². The van der Waals surface area contributed by atoms with E-state index in [1.165, 1.54) is 0 Å². The van der Waals surface area contributed by atoms with Gasteiger partial charge in [0.2, 0.25) is 0 Å². The Hall–Kier alpha value is -1.14. The second-order valence-corrected chi connectivity index (χ2v) is 6.37. The van der Waals surface area contributed by atoms with Crippen molar-refractivity contribution in [3.63, 3.8) is 0 Å². The molecule has 21 heavy (non-hydrogen) atoms. The molecule has 0 radical (unpaired) electrons. The van der Waals surface area contributed by atoms with E-state index in [2.05, 4.69) is 6.92 Å².